The lowest BCUT2D eigenvalue weighted by atomic mass is 9.68. The van der Waals surface area contributed by atoms with Crippen molar-refractivity contribution < 1.29 is 27.4 Å². The minimum Gasteiger partial charge on any atom is -0.490 e. The number of ether oxygens (including phenoxy) is 3. The van der Waals surface area contributed by atoms with Crippen LogP contribution < -0.4 is 14.4 Å². The molecule has 2 aliphatic carbocycles. The number of fused-ring (bicyclic) bond motifs is 4. The highest BCUT2D eigenvalue weighted by molar-refractivity contribution is 7.90. The van der Waals surface area contributed by atoms with E-state index in [1.54, 1.807) is 26.0 Å². The molecule has 2 aliphatic heterocycles. The van der Waals surface area contributed by atoms with E-state index in [4.69, 9.17) is 25.8 Å². The van der Waals surface area contributed by atoms with Crippen LogP contribution in [0.2, 0.25) is 5.02 Å². The Labute approximate surface area is 291 Å². The van der Waals surface area contributed by atoms with E-state index in [0.717, 1.165) is 69.0 Å². The van der Waals surface area contributed by atoms with E-state index in [-0.39, 0.29) is 28.9 Å². The fraction of sp³-hybridized carbons (Fsp3) is 0.595. The zero-order valence-corrected chi connectivity index (χ0v) is 30.2. The smallest absolute Gasteiger partial charge is 0.265 e. The Morgan fingerprint density at radius 2 is 1.94 bits per heavy atom. The molecule has 4 aliphatic rings. The summed E-state index contributed by atoms with van der Waals surface area (Å²) in [5.74, 6) is 0.532. The first-order valence-electron chi connectivity index (χ1n) is 17.5. The third kappa shape index (κ3) is 7.29. The Bertz CT molecular complexity index is 1630. The third-order valence-corrected chi connectivity index (χ3v) is 12.5. The topological polar surface area (TPSA) is 97.4 Å². The van der Waals surface area contributed by atoms with Crippen LogP contribution in [0, 0.1) is 11.8 Å². The summed E-state index contributed by atoms with van der Waals surface area (Å²) >= 11 is 6.45. The normalized spacial score (nSPS) is 28.8. The zero-order valence-electron chi connectivity index (χ0n) is 28.7. The highest BCUT2D eigenvalue weighted by Gasteiger charge is 2.45. The molecule has 0 unspecified atom stereocenters. The Balaban J connectivity index is 1.39. The summed E-state index contributed by atoms with van der Waals surface area (Å²) in [5, 5.41) is 0.733. The summed E-state index contributed by atoms with van der Waals surface area (Å²) in [7, 11) is -4.19. The number of benzene rings is 2. The van der Waals surface area contributed by atoms with Gasteiger partial charge in [-0.15, -0.1) is 0 Å². The van der Waals surface area contributed by atoms with E-state index < -0.39 is 21.5 Å². The highest BCUT2D eigenvalue weighted by atomic mass is 35.5. The molecular formula is C37H50ClN3O6S. The van der Waals surface area contributed by atoms with Gasteiger partial charge in [-0.05, 0) is 112 Å². The first kappa shape index (κ1) is 35.2. The number of hydrogen-bond donors (Lipinski definition) is 1. The second-order valence-corrected chi connectivity index (χ2v) is 16.4. The number of sulfonamides is 1. The lowest BCUT2D eigenvalue weighted by molar-refractivity contribution is -0.139. The fourth-order valence-electron chi connectivity index (χ4n) is 7.79. The number of nitrogens with one attached hydrogen (secondary N) is 1. The van der Waals surface area contributed by atoms with Crippen molar-refractivity contribution in [2.45, 2.75) is 81.8 Å². The van der Waals surface area contributed by atoms with Crippen LogP contribution in [0.25, 0.3) is 0 Å². The molecule has 0 radical (unpaired) electrons. The molecule has 0 saturated heterocycles. The van der Waals surface area contributed by atoms with Crippen molar-refractivity contribution in [1.82, 2.24) is 9.62 Å². The summed E-state index contributed by atoms with van der Waals surface area (Å²) < 4.78 is 48.6. The van der Waals surface area contributed by atoms with Crippen LogP contribution in [0.5, 0.6) is 5.75 Å². The minimum atomic E-state index is -4.19. The molecule has 1 fully saturated rings. The second kappa shape index (κ2) is 14.3. The van der Waals surface area contributed by atoms with E-state index in [1.165, 1.54) is 17.2 Å². The number of anilines is 1. The Morgan fingerprint density at radius 1 is 1.12 bits per heavy atom. The molecule has 262 valence electrons. The molecule has 2 aromatic carbocycles. The first-order valence-corrected chi connectivity index (χ1v) is 19.3. The quantitative estimate of drug-likeness (QED) is 0.382. The van der Waals surface area contributed by atoms with Gasteiger partial charge in [-0.1, -0.05) is 43.7 Å². The number of aryl methyl sites for hydroxylation is 1. The summed E-state index contributed by atoms with van der Waals surface area (Å²) in [6, 6.07) is 11.1. The second-order valence-electron chi connectivity index (χ2n) is 14.3. The average molecular weight is 700 g/mol. The Morgan fingerprint density at radius 3 is 2.69 bits per heavy atom. The van der Waals surface area contributed by atoms with Crippen molar-refractivity contribution in [3.63, 3.8) is 0 Å². The molecule has 48 heavy (non-hydrogen) atoms. The van der Waals surface area contributed by atoms with Crippen LogP contribution in [0.15, 0.2) is 53.4 Å². The molecule has 2 heterocycles. The van der Waals surface area contributed by atoms with Crippen LogP contribution in [0.1, 0.15) is 64.5 Å². The number of carbonyl (C=O) groups is 1. The summed E-state index contributed by atoms with van der Waals surface area (Å²) in [6.45, 7) is 13.0. The zero-order chi connectivity index (χ0) is 34.1. The van der Waals surface area contributed by atoms with Crippen LogP contribution in [-0.2, 0) is 36.1 Å². The van der Waals surface area contributed by atoms with E-state index in [9.17, 15) is 13.2 Å². The molecule has 2 aromatic rings. The molecule has 9 nitrogen and oxygen atoms in total. The molecular weight excluding hydrogens is 650 g/mol. The van der Waals surface area contributed by atoms with Gasteiger partial charge in [0.15, 0.2) is 0 Å². The standard InChI is InChI=1S/C37H50ClN3O6S/c1-5-40(6-2)18-20-45-33-10-8-19-47-36(3,4)35(42)39-48(43,44)29-13-16-34-32(22-29)41(23-27-11-14-30(27)33)24-37(25-46-34)17-7-9-26-21-28(38)12-15-31(26)37/h8,10,12-13,15-16,21-22,27,30,33H,5-7,9,11,14,17-20,23-25H2,1-4H3,(H,39,42)/b10-8-/t27-,30+,33-,37-/m0/s1. The van der Waals surface area contributed by atoms with Gasteiger partial charge in [0.2, 0.25) is 0 Å². The van der Waals surface area contributed by atoms with E-state index in [1.807, 2.05) is 12.1 Å². The summed E-state index contributed by atoms with van der Waals surface area (Å²) in [5.41, 5.74) is 1.57. The number of amides is 1. The van der Waals surface area contributed by atoms with Crippen molar-refractivity contribution in [3.8, 4) is 5.75 Å². The van der Waals surface area contributed by atoms with E-state index in [0.29, 0.717) is 31.4 Å². The van der Waals surface area contributed by atoms with Crippen LogP contribution in [0.4, 0.5) is 5.69 Å². The van der Waals surface area contributed by atoms with Gasteiger partial charge < -0.3 is 24.0 Å². The van der Waals surface area contributed by atoms with Gasteiger partial charge >= 0.3 is 0 Å². The largest absolute Gasteiger partial charge is 0.490 e. The number of rotatable bonds is 6. The fourth-order valence-corrected chi connectivity index (χ4v) is 9.11. The van der Waals surface area contributed by atoms with Crippen LogP contribution in [-0.4, -0.2) is 83.5 Å². The van der Waals surface area contributed by atoms with Gasteiger partial charge in [0.25, 0.3) is 15.9 Å². The Hall–Kier alpha value is -2.63. The van der Waals surface area contributed by atoms with Crippen LogP contribution >= 0.6 is 11.6 Å². The van der Waals surface area contributed by atoms with Crippen LogP contribution in [0.3, 0.4) is 0 Å². The Kier molecular flexibility index (Phi) is 10.5. The highest BCUT2D eigenvalue weighted by Crippen LogP contribution is 2.47. The van der Waals surface area contributed by atoms with Gasteiger partial charge in [-0.2, -0.15) is 0 Å². The number of likely N-dealkylation sites (N-methyl/N-ethyl adjacent to an activating group) is 1. The third-order valence-electron chi connectivity index (χ3n) is 10.9. The number of nitrogens with zero attached hydrogens (tertiary/aromatic N) is 2. The maximum atomic E-state index is 13.6. The predicted molar refractivity (Wildman–Crippen MR) is 188 cm³/mol. The molecule has 6 rings (SSSR count). The van der Waals surface area contributed by atoms with Gasteiger partial charge in [-0.3, -0.25) is 4.79 Å². The average Bonchev–Trinajstić information content (AvgIpc) is 3.19. The molecule has 1 amide bonds. The minimum absolute atomic E-state index is 0.0144. The van der Waals surface area contributed by atoms with Crippen molar-refractivity contribution in [2.24, 2.45) is 11.8 Å². The molecule has 1 spiro atoms. The lowest BCUT2D eigenvalue weighted by Crippen LogP contribution is -2.50. The predicted octanol–water partition coefficient (Wildman–Crippen LogP) is 5.74. The lowest BCUT2D eigenvalue weighted by Gasteiger charge is -2.46. The van der Waals surface area contributed by atoms with Gasteiger partial charge in [0, 0.05) is 30.1 Å². The number of carbonyl (C=O) groups excluding carboxylic acids is 1. The first-order chi connectivity index (χ1) is 22.9. The maximum absolute atomic E-state index is 13.6. The van der Waals surface area contributed by atoms with Gasteiger partial charge in [0.1, 0.15) is 11.4 Å². The molecule has 4 atom stereocenters. The maximum Gasteiger partial charge on any atom is 0.265 e. The van der Waals surface area contributed by atoms with E-state index in [2.05, 4.69) is 46.6 Å². The van der Waals surface area contributed by atoms with Gasteiger partial charge in [0.05, 0.1) is 36.5 Å². The van der Waals surface area contributed by atoms with Crippen molar-refractivity contribution in [2.75, 3.05) is 57.4 Å². The number of hydrogen-bond acceptors (Lipinski definition) is 8. The van der Waals surface area contributed by atoms with E-state index >= 15 is 0 Å². The molecule has 1 saturated carbocycles. The molecule has 2 bridgehead atoms. The van der Waals surface area contributed by atoms with Gasteiger partial charge in [-0.25, -0.2) is 13.1 Å². The monoisotopic (exact) mass is 699 g/mol. The van der Waals surface area contributed by atoms with Crippen molar-refractivity contribution in [1.29, 1.82) is 0 Å². The SMILES string of the molecule is CCN(CC)CCO[C@H]1/C=C\COC(C)(C)C(=O)NS(=O)(=O)c2ccc3c(c2)N(C[C@@H]2CC[C@H]21)C[C@@]1(CCCc2cc(Cl)ccc21)CO3. The summed E-state index contributed by atoms with van der Waals surface area (Å²) in [4.78, 5) is 18.0. The molecule has 1 N–H and O–H groups in total. The summed E-state index contributed by atoms with van der Waals surface area (Å²) in [6.07, 6.45) is 8.92. The molecule has 11 heteroatoms. The number of halogens is 1. The van der Waals surface area contributed by atoms with Crippen molar-refractivity contribution in [3.05, 3.63) is 64.7 Å². The molecule has 0 aromatic heterocycles. The van der Waals surface area contributed by atoms with Crippen molar-refractivity contribution >= 4 is 33.2 Å².